The highest BCUT2D eigenvalue weighted by Gasteiger charge is 2.23. The van der Waals surface area contributed by atoms with E-state index in [0.717, 1.165) is 11.1 Å². The Morgan fingerprint density at radius 2 is 1.96 bits per heavy atom. The first-order chi connectivity index (χ1) is 13.2. The summed E-state index contributed by atoms with van der Waals surface area (Å²) >= 11 is 2.79. The predicted molar refractivity (Wildman–Crippen MR) is 118 cm³/mol. The first-order valence-electron chi connectivity index (χ1n) is 9.27. The Hall–Kier alpha value is -2.12. The summed E-state index contributed by atoms with van der Waals surface area (Å²) in [7, 11) is 0. The van der Waals surface area contributed by atoms with E-state index in [1.807, 2.05) is 70.3 Å². The number of thiophene rings is 1. The molecule has 0 bridgehead atoms. The summed E-state index contributed by atoms with van der Waals surface area (Å²) in [5, 5.41) is 5.84. The molecule has 0 saturated carbocycles. The van der Waals surface area contributed by atoms with Gasteiger partial charge < -0.3 is 5.32 Å². The maximum atomic E-state index is 13.2. The molecule has 1 aromatic carbocycles. The van der Waals surface area contributed by atoms with Gasteiger partial charge in [-0.05, 0) is 40.2 Å². The Labute approximate surface area is 173 Å². The van der Waals surface area contributed by atoms with Crippen LogP contribution in [-0.2, 0) is 11.3 Å². The monoisotopic (exact) mass is 415 g/mol. The molecule has 0 fully saturated rings. The number of carbonyl (C=O) groups excluding carboxylic acids is 1. The Morgan fingerprint density at radius 3 is 2.57 bits per heavy atom. The summed E-state index contributed by atoms with van der Waals surface area (Å²) in [4.78, 5) is 31.1. The minimum atomic E-state index is -0.352. The van der Waals surface area contributed by atoms with Gasteiger partial charge in [-0.15, -0.1) is 11.3 Å². The third kappa shape index (κ3) is 4.31. The second kappa shape index (κ2) is 8.09. The summed E-state index contributed by atoms with van der Waals surface area (Å²) in [6.07, 6.45) is 0. The van der Waals surface area contributed by atoms with Gasteiger partial charge in [-0.25, -0.2) is 4.98 Å². The quantitative estimate of drug-likeness (QED) is 0.491. The van der Waals surface area contributed by atoms with Gasteiger partial charge in [-0.2, -0.15) is 0 Å². The van der Waals surface area contributed by atoms with Gasteiger partial charge in [0.15, 0.2) is 5.16 Å². The van der Waals surface area contributed by atoms with Crippen LogP contribution < -0.4 is 10.9 Å². The minimum absolute atomic E-state index is 0.0569. The van der Waals surface area contributed by atoms with E-state index in [1.165, 1.54) is 23.1 Å². The molecule has 0 spiro atoms. The molecule has 2 aromatic heterocycles. The van der Waals surface area contributed by atoms with Crippen LogP contribution in [-0.4, -0.2) is 26.2 Å². The van der Waals surface area contributed by atoms with Crippen LogP contribution in [0, 0.1) is 0 Å². The molecule has 0 aliphatic rings. The smallest absolute Gasteiger partial charge is 0.263 e. The Morgan fingerprint density at radius 1 is 1.29 bits per heavy atom. The van der Waals surface area contributed by atoms with Crippen LogP contribution >= 0.6 is 23.1 Å². The number of nitrogens with zero attached hydrogens (tertiary/aromatic N) is 2. The van der Waals surface area contributed by atoms with Crippen LogP contribution in [0.15, 0.2) is 45.7 Å². The van der Waals surface area contributed by atoms with Crippen LogP contribution in [0.3, 0.4) is 0 Å². The molecule has 3 aromatic rings. The number of fused-ring (bicyclic) bond motifs is 1. The maximum Gasteiger partial charge on any atom is 0.263 e. The van der Waals surface area contributed by atoms with E-state index < -0.39 is 0 Å². The summed E-state index contributed by atoms with van der Waals surface area (Å²) < 4.78 is 1.66. The molecule has 2 heterocycles. The van der Waals surface area contributed by atoms with Crippen molar-refractivity contribution in [1.29, 1.82) is 0 Å². The Bertz CT molecular complexity index is 1050. The van der Waals surface area contributed by atoms with E-state index in [9.17, 15) is 9.59 Å². The SMILES string of the molecule is CCn1c(S[C@@H](C)C(=O)NC(C)(C)C)nc2scc(-c3ccccc3)c2c1=O. The Balaban J connectivity index is 2.01. The van der Waals surface area contributed by atoms with Gasteiger partial charge in [0, 0.05) is 23.0 Å². The van der Waals surface area contributed by atoms with Crippen LogP contribution in [0.1, 0.15) is 34.6 Å². The van der Waals surface area contributed by atoms with E-state index >= 15 is 0 Å². The zero-order valence-corrected chi connectivity index (χ0v) is 18.4. The molecule has 1 atom stereocenters. The van der Waals surface area contributed by atoms with Gasteiger partial charge in [-0.3, -0.25) is 14.2 Å². The molecule has 1 N–H and O–H groups in total. The van der Waals surface area contributed by atoms with Crippen molar-refractivity contribution in [2.45, 2.75) is 57.1 Å². The summed E-state index contributed by atoms with van der Waals surface area (Å²) in [5.74, 6) is -0.0642. The number of hydrogen-bond donors (Lipinski definition) is 1. The molecule has 28 heavy (non-hydrogen) atoms. The molecule has 1 amide bonds. The molecule has 7 heteroatoms. The van der Waals surface area contributed by atoms with Crippen molar-refractivity contribution in [2.75, 3.05) is 0 Å². The molecule has 0 saturated heterocycles. The highest BCUT2D eigenvalue weighted by Crippen LogP contribution is 2.32. The third-order valence-electron chi connectivity index (χ3n) is 4.21. The fraction of sp³-hybridized carbons (Fsp3) is 0.381. The zero-order chi connectivity index (χ0) is 20.5. The van der Waals surface area contributed by atoms with E-state index in [4.69, 9.17) is 4.98 Å². The van der Waals surface area contributed by atoms with E-state index in [1.54, 1.807) is 4.57 Å². The number of nitrogens with one attached hydrogen (secondary N) is 1. The van der Waals surface area contributed by atoms with E-state index in [0.29, 0.717) is 21.9 Å². The van der Waals surface area contributed by atoms with Gasteiger partial charge in [0.05, 0.1) is 10.6 Å². The number of benzene rings is 1. The molecular formula is C21H25N3O2S2. The first-order valence-corrected chi connectivity index (χ1v) is 11.0. The maximum absolute atomic E-state index is 13.2. The fourth-order valence-electron chi connectivity index (χ4n) is 2.89. The van der Waals surface area contributed by atoms with Crippen LogP contribution in [0.25, 0.3) is 21.3 Å². The van der Waals surface area contributed by atoms with Gasteiger partial charge in [0.25, 0.3) is 5.56 Å². The normalized spacial score (nSPS) is 12.9. The van der Waals surface area contributed by atoms with Crippen molar-refractivity contribution in [1.82, 2.24) is 14.9 Å². The van der Waals surface area contributed by atoms with E-state index in [2.05, 4.69) is 5.32 Å². The average molecular weight is 416 g/mol. The van der Waals surface area contributed by atoms with Crippen molar-refractivity contribution < 1.29 is 4.79 Å². The summed E-state index contributed by atoms with van der Waals surface area (Å²) in [5.41, 5.74) is 1.56. The molecular weight excluding hydrogens is 390 g/mol. The molecule has 148 valence electrons. The topological polar surface area (TPSA) is 64.0 Å². The predicted octanol–water partition coefficient (Wildman–Crippen LogP) is 4.54. The second-order valence-corrected chi connectivity index (χ2v) is 9.80. The lowest BCUT2D eigenvalue weighted by molar-refractivity contribution is -0.121. The number of carbonyl (C=O) groups is 1. The number of hydrogen-bond acceptors (Lipinski definition) is 5. The van der Waals surface area contributed by atoms with Crippen LogP contribution in [0.2, 0.25) is 0 Å². The second-order valence-electron chi connectivity index (χ2n) is 7.64. The average Bonchev–Trinajstić information content (AvgIpc) is 3.05. The van der Waals surface area contributed by atoms with Crippen molar-refractivity contribution >= 4 is 39.2 Å². The molecule has 3 rings (SSSR count). The third-order valence-corrected chi connectivity index (χ3v) is 6.17. The first kappa shape index (κ1) is 20.6. The van der Waals surface area contributed by atoms with Crippen LogP contribution in [0.4, 0.5) is 0 Å². The minimum Gasteiger partial charge on any atom is -0.351 e. The number of thioether (sulfide) groups is 1. The van der Waals surface area contributed by atoms with Crippen molar-refractivity contribution in [3.05, 3.63) is 46.1 Å². The van der Waals surface area contributed by atoms with Gasteiger partial charge >= 0.3 is 0 Å². The number of amides is 1. The molecule has 0 unspecified atom stereocenters. The summed E-state index contributed by atoms with van der Waals surface area (Å²) in [6.45, 7) is 10.1. The van der Waals surface area contributed by atoms with Crippen molar-refractivity contribution in [2.24, 2.45) is 0 Å². The van der Waals surface area contributed by atoms with Crippen molar-refractivity contribution in [3.63, 3.8) is 0 Å². The Kier molecular flexibility index (Phi) is 5.95. The lowest BCUT2D eigenvalue weighted by atomic mass is 10.1. The lowest BCUT2D eigenvalue weighted by Gasteiger charge is -2.23. The van der Waals surface area contributed by atoms with Crippen molar-refractivity contribution in [3.8, 4) is 11.1 Å². The van der Waals surface area contributed by atoms with Gasteiger partial charge in [0.1, 0.15) is 4.83 Å². The molecule has 0 radical (unpaired) electrons. The standard InChI is InChI=1S/C21H25N3O2S2/c1-6-24-19(26)16-15(14-10-8-7-9-11-14)12-27-18(16)22-20(24)28-13(2)17(25)23-21(3,4)5/h7-13H,6H2,1-5H3,(H,23,25)/t13-/m0/s1. The van der Waals surface area contributed by atoms with Crippen LogP contribution in [0.5, 0.6) is 0 Å². The fourth-order valence-corrected chi connectivity index (χ4v) is 4.85. The van der Waals surface area contributed by atoms with E-state index in [-0.39, 0.29) is 22.3 Å². The highest BCUT2D eigenvalue weighted by molar-refractivity contribution is 8.00. The number of rotatable bonds is 5. The lowest BCUT2D eigenvalue weighted by Crippen LogP contribution is -2.44. The largest absolute Gasteiger partial charge is 0.351 e. The summed E-state index contributed by atoms with van der Waals surface area (Å²) in [6, 6.07) is 9.88. The molecule has 0 aliphatic heterocycles. The molecule has 5 nitrogen and oxygen atoms in total. The van der Waals surface area contributed by atoms with Gasteiger partial charge in [-0.1, -0.05) is 42.1 Å². The zero-order valence-electron chi connectivity index (χ0n) is 16.8. The van der Waals surface area contributed by atoms with Gasteiger partial charge in [0.2, 0.25) is 5.91 Å². The molecule has 0 aliphatic carbocycles. The number of aromatic nitrogens is 2. The highest BCUT2D eigenvalue weighted by atomic mass is 32.2.